The number of pyridine rings is 1. The van der Waals surface area contributed by atoms with Gasteiger partial charge in [0.1, 0.15) is 19.3 Å². The van der Waals surface area contributed by atoms with Crippen LogP contribution < -0.4 is 4.90 Å². The molecule has 4 aromatic rings. The second-order valence-electron chi connectivity index (χ2n) is 15.1. The van der Waals surface area contributed by atoms with Gasteiger partial charge < -0.3 is 14.4 Å². The second kappa shape index (κ2) is 15.2. The van der Waals surface area contributed by atoms with E-state index in [1.807, 2.05) is 35.1 Å². The first kappa shape index (κ1) is 33.5. The molecular weight excluding hydrogens is 591 g/mol. The molecule has 242 valence electrons. The lowest BCUT2D eigenvalue weighted by Crippen LogP contribution is -2.33. The predicted octanol–water partition coefficient (Wildman–Crippen LogP) is 9.01. The molecule has 0 radical (unpaired) electrons. The largest absolute Gasteiger partial charge is 0.361 e. The third kappa shape index (κ3) is 9.81. The van der Waals surface area contributed by atoms with E-state index >= 15 is 0 Å². The summed E-state index contributed by atoms with van der Waals surface area (Å²) in [4.78, 5) is 12.3. The third-order valence-corrected chi connectivity index (χ3v) is 12.1. The van der Waals surface area contributed by atoms with Crippen LogP contribution in [0.25, 0.3) is 28.0 Å². The van der Waals surface area contributed by atoms with Crippen molar-refractivity contribution in [2.75, 3.05) is 31.6 Å². The second-order valence-corrected chi connectivity index (χ2v) is 26.4. The highest BCUT2D eigenvalue weighted by Gasteiger charge is 2.22. The molecule has 0 aliphatic heterocycles. The Morgan fingerprint density at radius 3 is 2.07 bits per heavy atom. The van der Waals surface area contributed by atoms with E-state index in [0.29, 0.717) is 19.4 Å². The number of fused-ring (bicyclic) bond motifs is 1. The topological polar surface area (TPSA) is 64.8 Å². The van der Waals surface area contributed by atoms with Gasteiger partial charge in [-0.2, -0.15) is 9.61 Å². The summed E-state index contributed by atoms with van der Waals surface area (Å²) in [6.45, 7) is 16.8. The Balaban J connectivity index is 1.48. The average Bonchev–Trinajstić information content (AvgIpc) is 3.44. The van der Waals surface area contributed by atoms with Crippen molar-refractivity contribution in [3.63, 3.8) is 0 Å². The molecule has 0 bridgehead atoms. The van der Waals surface area contributed by atoms with Crippen LogP contribution in [0.1, 0.15) is 37.8 Å². The van der Waals surface area contributed by atoms with Crippen molar-refractivity contribution >= 4 is 27.6 Å². The quantitative estimate of drug-likeness (QED) is 0.0732. The van der Waals surface area contributed by atoms with Gasteiger partial charge in [-0.25, -0.2) is 4.98 Å². The smallest absolute Gasteiger partial charge is 0.165 e. The number of benzene rings is 1. The summed E-state index contributed by atoms with van der Waals surface area (Å²) < 4.78 is 14.6. The maximum absolute atomic E-state index is 6.33. The fraction of sp³-hybridized carbons (Fsp3) is 0.528. The number of nitrogens with zero attached hydrogens (tertiary/aromatic N) is 5. The van der Waals surface area contributed by atoms with Crippen molar-refractivity contribution in [3.8, 4) is 22.4 Å². The fourth-order valence-corrected chi connectivity index (χ4v) is 7.34. The van der Waals surface area contributed by atoms with Crippen molar-refractivity contribution in [2.45, 2.75) is 89.9 Å². The highest BCUT2D eigenvalue weighted by molar-refractivity contribution is 6.76. The van der Waals surface area contributed by atoms with Crippen molar-refractivity contribution in [3.05, 3.63) is 66.6 Å². The molecule has 9 heteroatoms. The van der Waals surface area contributed by atoms with E-state index < -0.39 is 16.1 Å². The van der Waals surface area contributed by atoms with Crippen LogP contribution >= 0.6 is 0 Å². The van der Waals surface area contributed by atoms with Crippen LogP contribution in [0.4, 0.5) is 5.82 Å². The first-order valence-electron chi connectivity index (χ1n) is 16.9. The molecule has 0 spiro atoms. The lowest BCUT2D eigenvalue weighted by molar-refractivity contribution is 0.0942. The van der Waals surface area contributed by atoms with E-state index in [2.05, 4.69) is 74.5 Å². The highest BCUT2D eigenvalue weighted by atomic mass is 28.3. The van der Waals surface area contributed by atoms with Crippen molar-refractivity contribution < 1.29 is 9.47 Å². The number of hydrogen-bond donors (Lipinski definition) is 0. The van der Waals surface area contributed by atoms with Crippen LogP contribution in [0.15, 0.2) is 60.9 Å². The molecule has 3 aromatic heterocycles. The molecule has 1 fully saturated rings. The summed E-state index contributed by atoms with van der Waals surface area (Å²) in [5, 5.41) is 4.91. The summed E-state index contributed by atoms with van der Waals surface area (Å²) >= 11 is 0. The van der Waals surface area contributed by atoms with Crippen LogP contribution in [0, 0.1) is 5.92 Å². The molecule has 0 saturated heterocycles. The first-order valence-corrected chi connectivity index (χ1v) is 24.3. The average molecular weight is 644 g/mol. The van der Waals surface area contributed by atoms with Gasteiger partial charge in [-0.15, -0.1) is 0 Å². The zero-order valence-electron chi connectivity index (χ0n) is 28.4. The highest BCUT2D eigenvalue weighted by Crippen LogP contribution is 2.31. The van der Waals surface area contributed by atoms with Gasteiger partial charge in [0, 0.05) is 64.0 Å². The van der Waals surface area contributed by atoms with Gasteiger partial charge in [-0.1, -0.05) is 108 Å². The zero-order valence-corrected chi connectivity index (χ0v) is 30.4. The SMILES string of the molecule is C[Si](C)(C)CCOCN(COCC[Si](C)(C)C)c1cc(CC2CCCCC2)nc2c(-c3ccc(-c4ccccc4)nc3)cnn12. The van der Waals surface area contributed by atoms with E-state index in [1.54, 1.807) is 0 Å². The van der Waals surface area contributed by atoms with Gasteiger partial charge in [-0.05, 0) is 30.5 Å². The molecule has 1 aliphatic rings. The minimum atomic E-state index is -1.20. The van der Waals surface area contributed by atoms with Gasteiger partial charge in [0.05, 0.1) is 11.9 Å². The van der Waals surface area contributed by atoms with Crippen molar-refractivity contribution in [1.29, 1.82) is 0 Å². The molecule has 1 aliphatic carbocycles. The van der Waals surface area contributed by atoms with E-state index in [-0.39, 0.29) is 0 Å². The normalized spacial score (nSPS) is 14.7. The molecule has 0 unspecified atom stereocenters. The molecule has 7 nitrogen and oxygen atoms in total. The van der Waals surface area contributed by atoms with Gasteiger partial charge >= 0.3 is 0 Å². The summed E-state index contributed by atoms with van der Waals surface area (Å²) in [6.07, 6.45) is 11.4. The van der Waals surface area contributed by atoms with Crippen molar-refractivity contribution in [1.82, 2.24) is 19.6 Å². The molecule has 0 atom stereocenters. The Morgan fingerprint density at radius 2 is 1.47 bits per heavy atom. The van der Waals surface area contributed by atoms with E-state index in [1.165, 1.54) is 32.1 Å². The maximum atomic E-state index is 6.33. The fourth-order valence-electron chi connectivity index (χ4n) is 5.82. The van der Waals surface area contributed by atoms with E-state index in [4.69, 9.17) is 24.5 Å². The summed E-state index contributed by atoms with van der Waals surface area (Å²) in [5.74, 6) is 1.65. The van der Waals surface area contributed by atoms with E-state index in [0.717, 1.165) is 71.3 Å². The number of aromatic nitrogens is 4. The summed E-state index contributed by atoms with van der Waals surface area (Å²) in [7, 11) is -2.40. The van der Waals surface area contributed by atoms with Crippen LogP contribution in [0.2, 0.25) is 51.4 Å². The zero-order chi connectivity index (χ0) is 31.9. The first-order chi connectivity index (χ1) is 21.6. The number of ether oxygens (including phenoxy) is 2. The minimum absolute atomic E-state index is 0.460. The third-order valence-electron chi connectivity index (χ3n) is 8.68. The van der Waals surface area contributed by atoms with Crippen LogP contribution in [0.3, 0.4) is 0 Å². The van der Waals surface area contributed by atoms with Gasteiger partial charge in [0.2, 0.25) is 0 Å². The van der Waals surface area contributed by atoms with Gasteiger partial charge in [0.15, 0.2) is 5.65 Å². The van der Waals surface area contributed by atoms with Crippen LogP contribution in [-0.2, 0) is 15.9 Å². The Hall–Kier alpha value is -2.86. The summed E-state index contributed by atoms with van der Waals surface area (Å²) in [6, 6.07) is 19.0. The maximum Gasteiger partial charge on any atom is 0.165 e. The number of hydrogen-bond acceptors (Lipinski definition) is 6. The Kier molecular flexibility index (Phi) is 11.3. The number of rotatable bonds is 15. The molecule has 1 saturated carbocycles. The van der Waals surface area contributed by atoms with Gasteiger partial charge in [-0.3, -0.25) is 4.98 Å². The molecule has 5 rings (SSSR count). The monoisotopic (exact) mass is 643 g/mol. The van der Waals surface area contributed by atoms with Crippen LogP contribution in [-0.4, -0.2) is 62.4 Å². The lowest BCUT2D eigenvalue weighted by Gasteiger charge is -2.27. The number of anilines is 1. The molecule has 3 heterocycles. The predicted molar refractivity (Wildman–Crippen MR) is 192 cm³/mol. The molecule has 0 amide bonds. The van der Waals surface area contributed by atoms with Crippen molar-refractivity contribution in [2.24, 2.45) is 5.92 Å². The Morgan fingerprint density at radius 1 is 0.800 bits per heavy atom. The molecule has 1 aromatic carbocycles. The van der Waals surface area contributed by atoms with Crippen LogP contribution in [0.5, 0.6) is 0 Å². The van der Waals surface area contributed by atoms with E-state index in [9.17, 15) is 0 Å². The standard InChI is InChI=1S/C36H53N5O2Si2/c1-44(2,3)21-19-42-27-40(28-43-20-22-45(4,5)6)35-24-32(23-29-13-9-7-10-14-29)39-36-33(26-38-41(35)36)31-17-18-34(37-25-31)30-15-11-8-12-16-30/h8,11-12,15-18,24-26,29H,7,9-10,13-14,19-23,27-28H2,1-6H3. The minimum Gasteiger partial charge on any atom is -0.361 e. The molecule has 0 N–H and O–H groups in total. The molecular formula is C36H53N5O2Si2. The lowest BCUT2D eigenvalue weighted by atomic mass is 9.86. The van der Waals surface area contributed by atoms with Gasteiger partial charge in [0.25, 0.3) is 0 Å². The Bertz CT molecular complexity index is 1470. The molecule has 45 heavy (non-hydrogen) atoms. The summed E-state index contributed by atoms with van der Waals surface area (Å²) in [5.41, 5.74) is 6.06. The Labute approximate surface area is 272 Å².